The second kappa shape index (κ2) is 9.85. The molecule has 0 N–H and O–H groups in total. The third-order valence-electron chi connectivity index (χ3n) is 3.72. The second-order valence-electron chi connectivity index (χ2n) is 5.92. The highest BCUT2D eigenvalue weighted by Gasteiger charge is 2.30. The van der Waals surface area contributed by atoms with Gasteiger partial charge in [-0.15, -0.1) is 13.2 Å². The molecule has 7 heteroatoms. The summed E-state index contributed by atoms with van der Waals surface area (Å²) < 4.78 is 54.1. The number of halogens is 4. The molecule has 2 aromatic carbocycles. The van der Waals surface area contributed by atoms with Gasteiger partial charge in [-0.3, -0.25) is 0 Å². The van der Waals surface area contributed by atoms with Crippen LogP contribution < -0.4 is 4.74 Å². The van der Waals surface area contributed by atoms with Crippen LogP contribution in [-0.4, -0.2) is 18.8 Å². The largest absolute Gasteiger partial charge is 0.573 e. The average Bonchev–Trinajstić information content (AvgIpc) is 2.60. The summed E-state index contributed by atoms with van der Waals surface area (Å²) in [5, 5.41) is 7.56. The van der Waals surface area contributed by atoms with Gasteiger partial charge in [-0.05, 0) is 54.3 Å². The summed E-state index contributed by atoms with van der Waals surface area (Å²) in [5.74, 6) is -0.680. The lowest BCUT2D eigenvalue weighted by molar-refractivity contribution is -0.274. The van der Waals surface area contributed by atoms with Crippen molar-refractivity contribution in [2.24, 2.45) is 10.2 Å². The number of hydrogen-bond acceptors (Lipinski definition) is 3. The molecular weight excluding hydrogens is 360 g/mol. The maximum absolute atomic E-state index is 14.0. The fraction of sp³-hybridized carbons (Fsp3) is 0.300. The molecular formula is C20H20F4N2O. The van der Waals surface area contributed by atoms with E-state index in [-0.39, 0.29) is 11.6 Å². The highest BCUT2D eigenvalue weighted by atomic mass is 19.4. The van der Waals surface area contributed by atoms with Gasteiger partial charge in [0.25, 0.3) is 0 Å². The van der Waals surface area contributed by atoms with E-state index >= 15 is 0 Å². The van der Waals surface area contributed by atoms with Crippen LogP contribution in [-0.2, 0) is 6.42 Å². The lowest BCUT2D eigenvalue weighted by Crippen LogP contribution is -2.16. The van der Waals surface area contributed by atoms with Crippen LogP contribution in [0.4, 0.5) is 17.6 Å². The van der Waals surface area contributed by atoms with Gasteiger partial charge in [0, 0.05) is 5.56 Å². The molecule has 0 spiro atoms. The Labute approximate surface area is 155 Å². The third kappa shape index (κ3) is 7.60. The zero-order chi connectivity index (χ0) is 19.7. The summed E-state index contributed by atoms with van der Waals surface area (Å²) >= 11 is 0. The second-order valence-corrected chi connectivity index (χ2v) is 5.92. The molecule has 0 unspecified atom stereocenters. The SMILES string of the molecule is CCCCCc1ccc(/C=N/N=C\c2ccc(OC(F)(F)F)cc2)c(F)c1. The van der Waals surface area contributed by atoms with Crippen molar-refractivity contribution in [2.45, 2.75) is 39.0 Å². The minimum absolute atomic E-state index is 0.316. The molecule has 0 bridgehead atoms. The van der Waals surface area contributed by atoms with Crippen LogP contribution in [0.3, 0.4) is 0 Å². The van der Waals surface area contributed by atoms with Crippen molar-refractivity contribution in [1.82, 2.24) is 0 Å². The molecule has 0 aliphatic rings. The molecule has 0 aliphatic heterocycles. The van der Waals surface area contributed by atoms with E-state index in [2.05, 4.69) is 21.9 Å². The first-order valence-corrected chi connectivity index (χ1v) is 8.58. The van der Waals surface area contributed by atoms with Gasteiger partial charge in [-0.2, -0.15) is 10.2 Å². The first-order valence-electron chi connectivity index (χ1n) is 8.58. The Morgan fingerprint density at radius 2 is 1.67 bits per heavy atom. The highest BCUT2D eigenvalue weighted by molar-refractivity contribution is 5.83. The monoisotopic (exact) mass is 380 g/mol. The van der Waals surface area contributed by atoms with Crippen molar-refractivity contribution in [3.8, 4) is 5.75 Å². The molecule has 2 aromatic rings. The van der Waals surface area contributed by atoms with E-state index in [9.17, 15) is 17.6 Å². The lowest BCUT2D eigenvalue weighted by Gasteiger charge is -2.08. The number of alkyl halides is 3. The smallest absolute Gasteiger partial charge is 0.406 e. The van der Waals surface area contributed by atoms with Gasteiger partial charge in [0.1, 0.15) is 11.6 Å². The summed E-state index contributed by atoms with van der Waals surface area (Å²) in [5.41, 5.74) is 1.80. The molecule has 0 saturated heterocycles. The van der Waals surface area contributed by atoms with Crippen LogP contribution in [0.2, 0.25) is 0 Å². The molecule has 0 aliphatic carbocycles. The Hall–Kier alpha value is -2.70. The van der Waals surface area contributed by atoms with Crippen molar-refractivity contribution in [2.75, 3.05) is 0 Å². The molecule has 0 fully saturated rings. The van der Waals surface area contributed by atoms with Gasteiger partial charge in [0.2, 0.25) is 0 Å². The summed E-state index contributed by atoms with van der Waals surface area (Å²) in [6.45, 7) is 2.12. The van der Waals surface area contributed by atoms with Gasteiger partial charge >= 0.3 is 6.36 Å². The normalized spacial score (nSPS) is 12.2. The summed E-state index contributed by atoms with van der Waals surface area (Å²) in [6, 6.07) is 10.2. The fourth-order valence-corrected chi connectivity index (χ4v) is 2.36. The quantitative estimate of drug-likeness (QED) is 0.243. The number of benzene rings is 2. The Morgan fingerprint density at radius 1 is 0.963 bits per heavy atom. The topological polar surface area (TPSA) is 34.0 Å². The van der Waals surface area contributed by atoms with Crippen LogP contribution >= 0.6 is 0 Å². The molecule has 0 aromatic heterocycles. The lowest BCUT2D eigenvalue weighted by atomic mass is 10.1. The Balaban J connectivity index is 1.92. The minimum Gasteiger partial charge on any atom is -0.406 e. The molecule has 0 amide bonds. The highest BCUT2D eigenvalue weighted by Crippen LogP contribution is 2.22. The van der Waals surface area contributed by atoms with Crippen LogP contribution in [0.15, 0.2) is 52.7 Å². The van der Waals surface area contributed by atoms with Crippen LogP contribution in [0.5, 0.6) is 5.75 Å². The van der Waals surface area contributed by atoms with E-state index in [0.29, 0.717) is 11.1 Å². The van der Waals surface area contributed by atoms with E-state index in [0.717, 1.165) is 31.2 Å². The van der Waals surface area contributed by atoms with E-state index in [1.807, 2.05) is 6.07 Å². The molecule has 0 saturated carbocycles. The minimum atomic E-state index is -4.73. The zero-order valence-electron chi connectivity index (χ0n) is 14.8. The number of unbranched alkanes of at least 4 members (excludes halogenated alkanes) is 2. The predicted octanol–water partition coefficient (Wildman–Crippen LogP) is 5.91. The van der Waals surface area contributed by atoms with E-state index in [1.54, 1.807) is 6.07 Å². The van der Waals surface area contributed by atoms with Gasteiger partial charge < -0.3 is 4.74 Å². The number of hydrogen-bond donors (Lipinski definition) is 0. The fourth-order valence-electron chi connectivity index (χ4n) is 2.36. The van der Waals surface area contributed by atoms with Crippen LogP contribution in [0, 0.1) is 5.82 Å². The van der Waals surface area contributed by atoms with Crippen molar-refractivity contribution >= 4 is 12.4 Å². The van der Waals surface area contributed by atoms with Gasteiger partial charge in [-0.25, -0.2) is 4.39 Å². The van der Waals surface area contributed by atoms with E-state index in [1.165, 1.54) is 42.8 Å². The Bertz CT molecular complexity index is 784. The number of nitrogens with zero attached hydrogens (tertiary/aromatic N) is 2. The zero-order valence-corrected chi connectivity index (χ0v) is 14.8. The maximum atomic E-state index is 14.0. The van der Waals surface area contributed by atoms with Gasteiger partial charge in [0.15, 0.2) is 0 Å². The Morgan fingerprint density at radius 3 is 2.30 bits per heavy atom. The maximum Gasteiger partial charge on any atom is 0.573 e. The molecule has 27 heavy (non-hydrogen) atoms. The molecule has 3 nitrogen and oxygen atoms in total. The van der Waals surface area contributed by atoms with Crippen LogP contribution in [0.25, 0.3) is 0 Å². The average molecular weight is 380 g/mol. The van der Waals surface area contributed by atoms with Gasteiger partial charge in [-0.1, -0.05) is 31.9 Å². The molecule has 2 rings (SSSR count). The number of rotatable bonds is 8. The van der Waals surface area contributed by atoms with Crippen LogP contribution in [0.1, 0.15) is 42.9 Å². The molecule has 0 heterocycles. The molecule has 144 valence electrons. The predicted molar refractivity (Wildman–Crippen MR) is 97.9 cm³/mol. The summed E-state index contributed by atoms with van der Waals surface area (Å²) in [4.78, 5) is 0. The summed E-state index contributed by atoms with van der Waals surface area (Å²) in [7, 11) is 0. The molecule has 0 radical (unpaired) electrons. The first-order chi connectivity index (χ1) is 12.9. The van der Waals surface area contributed by atoms with Crippen molar-refractivity contribution in [1.29, 1.82) is 0 Å². The van der Waals surface area contributed by atoms with Gasteiger partial charge in [0.05, 0.1) is 12.4 Å². The van der Waals surface area contributed by atoms with Crippen molar-refractivity contribution in [3.63, 3.8) is 0 Å². The van der Waals surface area contributed by atoms with Crippen molar-refractivity contribution in [3.05, 3.63) is 65.0 Å². The first kappa shape index (κ1) is 20.6. The standard InChI is InChI=1S/C20H20F4N2O/c1-2-3-4-5-15-6-9-17(19(21)12-15)14-26-25-13-16-7-10-18(11-8-16)27-20(22,23)24/h6-14H,2-5H2,1H3/b25-13-,26-14+. The third-order valence-corrected chi connectivity index (χ3v) is 3.72. The summed E-state index contributed by atoms with van der Waals surface area (Å²) in [6.07, 6.45) is 2.02. The Kier molecular flexibility index (Phi) is 7.52. The van der Waals surface area contributed by atoms with E-state index < -0.39 is 6.36 Å². The molecule has 0 atom stereocenters. The number of ether oxygens (including phenoxy) is 1. The number of aryl methyl sites for hydroxylation is 1. The van der Waals surface area contributed by atoms with Crippen molar-refractivity contribution < 1.29 is 22.3 Å². The van der Waals surface area contributed by atoms with E-state index in [4.69, 9.17) is 0 Å².